The highest BCUT2D eigenvalue weighted by Crippen LogP contribution is 2.16. The van der Waals surface area contributed by atoms with E-state index in [1.165, 1.54) is 5.56 Å². The first-order valence-corrected chi connectivity index (χ1v) is 4.70. The minimum atomic E-state index is -2.17. The molecule has 0 spiro atoms. The van der Waals surface area contributed by atoms with E-state index in [2.05, 4.69) is 23.2 Å². The van der Waals surface area contributed by atoms with Crippen LogP contribution in [0.2, 0.25) is 0 Å². The number of hydrogen-bond donors (Lipinski definition) is 3. The maximum Gasteiger partial charge on any atom is 0.631 e. The average Bonchev–Trinajstić information content (AvgIpc) is 2.31. The molecule has 0 atom stereocenters. The molecule has 0 radical (unpaired) electrons. The highest BCUT2D eigenvalue weighted by molar-refractivity contribution is 6.30. The Morgan fingerprint density at radius 1 is 0.812 bits per heavy atom. The molecule has 0 aliphatic rings. The Balaban J connectivity index is 0.000000280. The number of pyridine rings is 1. The maximum absolute atomic E-state index is 7.17. The van der Waals surface area contributed by atoms with Gasteiger partial charge in [-0.2, -0.15) is 0 Å². The van der Waals surface area contributed by atoms with Crippen LogP contribution in [0.5, 0.6) is 0 Å². The van der Waals surface area contributed by atoms with E-state index in [4.69, 9.17) is 15.1 Å². The third-order valence-corrected chi connectivity index (χ3v) is 1.77. The fraction of sp³-hybridized carbons (Fsp3) is 0. The molecule has 4 nitrogen and oxygen atoms in total. The number of rotatable bonds is 1. The number of nitrogens with zero attached hydrogens (tertiary/aromatic N) is 1. The summed E-state index contributed by atoms with van der Waals surface area (Å²) in [5.41, 5.74) is 2.38. The van der Waals surface area contributed by atoms with E-state index in [1.54, 1.807) is 6.20 Å². The highest BCUT2D eigenvalue weighted by atomic mass is 16.5. The first kappa shape index (κ1) is 12.4. The molecule has 0 saturated heterocycles. The fourth-order valence-electron chi connectivity index (χ4n) is 1.16. The van der Waals surface area contributed by atoms with Crippen LogP contribution in [0.25, 0.3) is 11.1 Å². The van der Waals surface area contributed by atoms with Crippen molar-refractivity contribution in [1.29, 1.82) is 0 Å². The Bertz CT molecular complexity index is 354. The molecule has 1 heterocycles. The second kappa shape index (κ2) is 6.74. The van der Waals surface area contributed by atoms with Crippen molar-refractivity contribution in [3.05, 3.63) is 54.9 Å². The van der Waals surface area contributed by atoms with Gasteiger partial charge in [0.25, 0.3) is 0 Å². The summed E-state index contributed by atoms with van der Waals surface area (Å²) >= 11 is 0. The molecule has 5 heteroatoms. The Morgan fingerprint density at radius 2 is 1.38 bits per heavy atom. The Morgan fingerprint density at radius 3 is 1.88 bits per heavy atom. The van der Waals surface area contributed by atoms with Gasteiger partial charge in [-0.1, -0.05) is 36.4 Å². The van der Waals surface area contributed by atoms with Crippen LogP contribution < -0.4 is 0 Å². The molecular formula is C11H12BNO3. The summed E-state index contributed by atoms with van der Waals surface area (Å²) in [5.74, 6) is 0. The van der Waals surface area contributed by atoms with Gasteiger partial charge in [0, 0.05) is 12.4 Å². The predicted octanol–water partition coefficient (Wildman–Crippen LogP) is 0.697. The summed E-state index contributed by atoms with van der Waals surface area (Å²) in [6.07, 6.45) is 3.65. The first-order valence-electron chi connectivity index (χ1n) is 4.70. The smallest absolute Gasteiger partial charge is 0.402 e. The molecule has 0 aliphatic carbocycles. The van der Waals surface area contributed by atoms with E-state index in [9.17, 15) is 0 Å². The van der Waals surface area contributed by atoms with E-state index in [1.807, 2.05) is 30.5 Å². The first-order chi connectivity index (χ1) is 7.70. The molecule has 1 aromatic carbocycles. The van der Waals surface area contributed by atoms with Crippen LogP contribution in [0.4, 0.5) is 0 Å². The minimum Gasteiger partial charge on any atom is -0.402 e. The minimum absolute atomic E-state index is 1.16. The van der Waals surface area contributed by atoms with Crippen molar-refractivity contribution < 1.29 is 15.1 Å². The van der Waals surface area contributed by atoms with Crippen molar-refractivity contribution in [2.24, 2.45) is 0 Å². The molecule has 0 unspecified atom stereocenters. The molecule has 3 N–H and O–H groups in total. The van der Waals surface area contributed by atoms with Crippen molar-refractivity contribution in [3.63, 3.8) is 0 Å². The highest BCUT2D eigenvalue weighted by Gasteiger charge is 1.93. The zero-order valence-corrected chi connectivity index (χ0v) is 8.56. The molecule has 2 rings (SSSR count). The van der Waals surface area contributed by atoms with Gasteiger partial charge in [0.1, 0.15) is 0 Å². The fourth-order valence-corrected chi connectivity index (χ4v) is 1.16. The second-order valence-electron chi connectivity index (χ2n) is 2.95. The monoisotopic (exact) mass is 217 g/mol. The van der Waals surface area contributed by atoms with E-state index < -0.39 is 7.32 Å². The van der Waals surface area contributed by atoms with Crippen LogP contribution in [0.15, 0.2) is 54.9 Å². The van der Waals surface area contributed by atoms with Crippen molar-refractivity contribution in [2.75, 3.05) is 0 Å². The van der Waals surface area contributed by atoms with Crippen LogP contribution in [-0.4, -0.2) is 27.4 Å². The lowest BCUT2D eigenvalue weighted by Crippen LogP contribution is -2.07. The lowest BCUT2D eigenvalue weighted by Gasteiger charge is -1.97. The van der Waals surface area contributed by atoms with Gasteiger partial charge in [-0.3, -0.25) is 4.98 Å². The molecule has 0 aliphatic heterocycles. The number of aromatic nitrogens is 1. The molecule has 0 saturated carbocycles. The van der Waals surface area contributed by atoms with Gasteiger partial charge < -0.3 is 15.1 Å². The summed E-state index contributed by atoms with van der Waals surface area (Å²) in [6, 6.07) is 14.2. The van der Waals surface area contributed by atoms with Crippen molar-refractivity contribution in [3.8, 4) is 11.1 Å². The SMILES string of the molecule is OB(O)O.c1ccc(-c2cccnc2)cc1. The van der Waals surface area contributed by atoms with Gasteiger partial charge in [0.15, 0.2) is 0 Å². The summed E-state index contributed by atoms with van der Waals surface area (Å²) in [5, 5.41) is 21.5. The molecular weight excluding hydrogens is 205 g/mol. The molecule has 0 bridgehead atoms. The Labute approximate surface area is 94.0 Å². The Hall–Kier alpha value is -1.69. The molecule has 1 aromatic heterocycles. The van der Waals surface area contributed by atoms with E-state index in [0.29, 0.717) is 0 Å². The van der Waals surface area contributed by atoms with Crippen molar-refractivity contribution in [2.45, 2.75) is 0 Å². The molecule has 2 aromatic rings. The third kappa shape index (κ3) is 4.70. The largest absolute Gasteiger partial charge is 0.631 e. The normalized spacial score (nSPS) is 8.94. The predicted molar refractivity (Wildman–Crippen MR) is 62.1 cm³/mol. The zero-order valence-electron chi connectivity index (χ0n) is 8.56. The van der Waals surface area contributed by atoms with E-state index in [-0.39, 0.29) is 0 Å². The summed E-state index contributed by atoms with van der Waals surface area (Å²) in [7, 11) is -2.17. The van der Waals surface area contributed by atoms with Gasteiger partial charge in [-0.15, -0.1) is 0 Å². The standard InChI is InChI=1S/C11H9N.BH3O3/c1-2-5-10(6-3-1)11-7-4-8-12-9-11;2-1(3)4/h1-9H;2-4H. The second-order valence-corrected chi connectivity index (χ2v) is 2.95. The average molecular weight is 217 g/mol. The summed E-state index contributed by atoms with van der Waals surface area (Å²) in [6.45, 7) is 0. The number of hydrogen-bond acceptors (Lipinski definition) is 4. The number of benzene rings is 1. The van der Waals surface area contributed by atoms with Gasteiger partial charge in [0.05, 0.1) is 0 Å². The summed E-state index contributed by atoms with van der Waals surface area (Å²) < 4.78 is 0. The lowest BCUT2D eigenvalue weighted by atomic mass is 10.1. The molecule has 0 amide bonds. The van der Waals surface area contributed by atoms with Gasteiger partial charge in [0.2, 0.25) is 0 Å². The van der Waals surface area contributed by atoms with Gasteiger partial charge >= 0.3 is 7.32 Å². The van der Waals surface area contributed by atoms with Crippen LogP contribution in [0.1, 0.15) is 0 Å². The zero-order chi connectivity index (χ0) is 11.8. The maximum atomic E-state index is 7.17. The van der Waals surface area contributed by atoms with Crippen molar-refractivity contribution >= 4 is 7.32 Å². The van der Waals surface area contributed by atoms with Crippen LogP contribution in [-0.2, 0) is 0 Å². The quantitative estimate of drug-likeness (QED) is 0.614. The molecule has 82 valence electrons. The molecule has 0 fully saturated rings. The third-order valence-electron chi connectivity index (χ3n) is 1.77. The van der Waals surface area contributed by atoms with E-state index in [0.717, 1.165) is 5.56 Å². The molecule has 16 heavy (non-hydrogen) atoms. The van der Waals surface area contributed by atoms with Gasteiger partial charge in [-0.05, 0) is 17.2 Å². The van der Waals surface area contributed by atoms with Crippen molar-refractivity contribution in [1.82, 2.24) is 4.98 Å². The van der Waals surface area contributed by atoms with Crippen LogP contribution in [0, 0.1) is 0 Å². The topological polar surface area (TPSA) is 73.6 Å². The lowest BCUT2D eigenvalue weighted by molar-refractivity contribution is 0.278. The van der Waals surface area contributed by atoms with E-state index >= 15 is 0 Å². The summed E-state index contributed by atoms with van der Waals surface area (Å²) in [4.78, 5) is 4.06. The van der Waals surface area contributed by atoms with Gasteiger partial charge in [-0.25, -0.2) is 0 Å². The van der Waals surface area contributed by atoms with Crippen LogP contribution in [0.3, 0.4) is 0 Å². The van der Waals surface area contributed by atoms with Crippen LogP contribution >= 0.6 is 0 Å². The Kier molecular flexibility index (Phi) is 5.21.